The summed E-state index contributed by atoms with van der Waals surface area (Å²) in [5, 5.41) is 0. The van der Waals surface area contributed by atoms with Gasteiger partial charge < -0.3 is 4.90 Å². The molecule has 1 atom stereocenters. The van der Waals surface area contributed by atoms with Gasteiger partial charge in [-0.2, -0.15) is 0 Å². The Morgan fingerprint density at radius 1 is 1.18 bits per heavy atom. The van der Waals surface area contributed by atoms with Crippen LogP contribution >= 0.6 is 11.8 Å². The Kier molecular flexibility index (Phi) is 2.55. The summed E-state index contributed by atoms with van der Waals surface area (Å²) in [7, 11) is 0. The van der Waals surface area contributed by atoms with Gasteiger partial charge in [-0.25, -0.2) is 9.69 Å². The molecule has 0 aromatic heterocycles. The highest BCUT2D eigenvalue weighted by Crippen LogP contribution is 2.31. The third-order valence-electron chi connectivity index (χ3n) is 3.10. The van der Waals surface area contributed by atoms with Gasteiger partial charge in [-0.15, -0.1) is 11.8 Å². The van der Waals surface area contributed by atoms with Gasteiger partial charge >= 0.3 is 6.03 Å². The maximum absolute atomic E-state index is 12.2. The zero-order valence-electron chi connectivity index (χ0n) is 9.20. The molecule has 88 valence electrons. The minimum absolute atomic E-state index is 0.0819. The van der Waals surface area contributed by atoms with Crippen molar-refractivity contribution in [2.75, 3.05) is 16.5 Å². The summed E-state index contributed by atoms with van der Waals surface area (Å²) in [6.45, 7) is 0. The van der Waals surface area contributed by atoms with Crippen molar-refractivity contribution in [3.05, 3.63) is 30.3 Å². The van der Waals surface area contributed by atoms with Crippen molar-refractivity contribution in [3.8, 4) is 0 Å². The van der Waals surface area contributed by atoms with Crippen LogP contribution in [0.4, 0.5) is 10.5 Å². The number of hydrogen-bond acceptors (Lipinski definition) is 3. The number of thioether (sulfide) groups is 1. The first-order chi connectivity index (χ1) is 8.29. The number of carbonyl (C=O) groups excluding carboxylic acids is 2. The highest BCUT2D eigenvalue weighted by atomic mass is 32.2. The van der Waals surface area contributed by atoms with Gasteiger partial charge in [0.1, 0.15) is 6.04 Å². The molecule has 17 heavy (non-hydrogen) atoms. The summed E-state index contributed by atoms with van der Waals surface area (Å²) in [5.74, 6) is 1.49. The van der Waals surface area contributed by atoms with E-state index in [-0.39, 0.29) is 18.0 Å². The van der Waals surface area contributed by atoms with Gasteiger partial charge in [0, 0.05) is 0 Å². The Labute approximate surface area is 104 Å². The molecule has 0 saturated carbocycles. The molecule has 0 aliphatic carbocycles. The van der Waals surface area contributed by atoms with Crippen LogP contribution in [0, 0.1) is 0 Å². The lowest BCUT2D eigenvalue weighted by Gasteiger charge is -2.25. The molecule has 0 bridgehead atoms. The monoisotopic (exact) mass is 248 g/mol. The molecule has 4 nitrogen and oxygen atoms in total. The molecule has 3 amide bonds. The van der Waals surface area contributed by atoms with Crippen LogP contribution in [0.25, 0.3) is 0 Å². The summed E-state index contributed by atoms with van der Waals surface area (Å²) in [6.07, 6.45) is 0.762. The Hall–Kier alpha value is -1.49. The number of rotatable bonds is 1. The number of anilines is 1. The van der Waals surface area contributed by atoms with Crippen LogP contribution in [0.1, 0.15) is 6.42 Å². The molecule has 0 radical (unpaired) electrons. The lowest BCUT2D eigenvalue weighted by atomic mass is 10.2. The Balaban J connectivity index is 1.96. The first-order valence-corrected chi connectivity index (χ1v) is 6.72. The summed E-state index contributed by atoms with van der Waals surface area (Å²) in [4.78, 5) is 27.3. The summed E-state index contributed by atoms with van der Waals surface area (Å²) in [6, 6.07) is 8.70. The standard InChI is InChI=1S/C12H12N2O2S/c15-11-10-6-7-17-8-13(10)12(16)14(11)9-4-2-1-3-5-9/h1-5,10H,6-8H2/t10-/m0/s1. The molecule has 1 aromatic carbocycles. The molecule has 0 spiro atoms. The summed E-state index contributed by atoms with van der Waals surface area (Å²) < 4.78 is 0. The maximum Gasteiger partial charge on any atom is 0.332 e. The number of benzene rings is 1. The van der Waals surface area contributed by atoms with E-state index in [4.69, 9.17) is 0 Å². The smallest absolute Gasteiger partial charge is 0.303 e. The van der Waals surface area contributed by atoms with E-state index in [1.807, 2.05) is 18.2 Å². The molecule has 2 saturated heterocycles. The number of urea groups is 1. The highest BCUT2D eigenvalue weighted by molar-refractivity contribution is 7.99. The van der Waals surface area contributed by atoms with E-state index in [0.29, 0.717) is 11.6 Å². The molecular formula is C12H12N2O2S. The maximum atomic E-state index is 12.2. The minimum atomic E-state index is -0.246. The lowest BCUT2D eigenvalue weighted by molar-refractivity contribution is -0.119. The van der Waals surface area contributed by atoms with E-state index in [2.05, 4.69) is 0 Å². The number of imide groups is 1. The van der Waals surface area contributed by atoms with E-state index in [1.54, 1.807) is 28.8 Å². The van der Waals surface area contributed by atoms with Crippen LogP contribution in [-0.2, 0) is 4.79 Å². The topological polar surface area (TPSA) is 40.6 Å². The van der Waals surface area contributed by atoms with Gasteiger partial charge in [0.15, 0.2) is 0 Å². The number of nitrogens with zero attached hydrogens (tertiary/aromatic N) is 2. The Morgan fingerprint density at radius 3 is 2.65 bits per heavy atom. The third-order valence-corrected chi connectivity index (χ3v) is 4.08. The molecule has 5 heteroatoms. The molecule has 2 fully saturated rings. The lowest BCUT2D eigenvalue weighted by Crippen LogP contribution is -2.38. The van der Waals surface area contributed by atoms with Crippen molar-refractivity contribution < 1.29 is 9.59 Å². The SMILES string of the molecule is O=C1[C@@H]2CCSCN2C(=O)N1c1ccccc1. The van der Waals surface area contributed by atoms with Crippen molar-refractivity contribution in [2.24, 2.45) is 0 Å². The highest BCUT2D eigenvalue weighted by Gasteiger charge is 2.46. The summed E-state index contributed by atoms with van der Waals surface area (Å²) >= 11 is 1.70. The number of fused-ring (bicyclic) bond motifs is 1. The number of amides is 3. The van der Waals surface area contributed by atoms with Gasteiger partial charge in [-0.3, -0.25) is 4.79 Å². The number of hydrogen-bond donors (Lipinski definition) is 0. The second-order valence-corrected chi connectivity index (χ2v) is 5.18. The van der Waals surface area contributed by atoms with Gasteiger partial charge in [-0.05, 0) is 24.3 Å². The predicted molar refractivity (Wildman–Crippen MR) is 66.9 cm³/mol. The van der Waals surface area contributed by atoms with Gasteiger partial charge in [0.25, 0.3) is 5.91 Å². The second-order valence-electron chi connectivity index (χ2n) is 4.10. The fraction of sp³-hybridized carbons (Fsp3) is 0.333. The van der Waals surface area contributed by atoms with Crippen LogP contribution in [0.3, 0.4) is 0 Å². The quantitative estimate of drug-likeness (QED) is 0.713. The largest absolute Gasteiger partial charge is 0.332 e. The van der Waals surface area contributed by atoms with E-state index in [9.17, 15) is 9.59 Å². The second kappa shape index (κ2) is 4.07. The van der Waals surface area contributed by atoms with Gasteiger partial charge in [0.05, 0.1) is 11.6 Å². The molecule has 2 aliphatic rings. The van der Waals surface area contributed by atoms with E-state index in [1.165, 1.54) is 4.90 Å². The molecular weight excluding hydrogens is 236 g/mol. The van der Waals surface area contributed by atoms with Crippen LogP contribution in [-0.4, -0.2) is 34.5 Å². The summed E-state index contributed by atoms with van der Waals surface area (Å²) in [5.41, 5.74) is 0.668. The average molecular weight is 248 g/mol. The van der Waals surface area contributed by atoms with Crippen molar-refractivity contribution in [1.82, 2.24) is 4.90 Å². The molecule has 2 aliphatic heterocycles. The fourth-order valence-corrected chi connectivity index (χ4v) is 3.24. The predicted octanol–water partition coefficient (Wildman–Crippen LogP) is 1.92. The average Bonchev–Trinajstić information content (AvgIpc) is 2.64. The molecule has 0 N–H and O–H groups in total. The minimum Gasteiger partial charge on any atom is -0.303 e. The van der Waals surface area contributed by atoms with Crippen LogP contribution in [0.2, 0.25) is 0 Å². The number of carbonyl (C=O) groups is 2. The van der Waals surface area contributed by atoms with Crippen LogP contribution < -0.4 is 4.90 Å². The molecule has 3 rings (SSSR count). The van der Waals surface area contributed by atoms with Crippen molar-refractivity contribution >= 4 is 29.4 Å². The van der Waals surface area contributed by atoms with Crippen molar-refractivity contribution in [1.29, 1.82) is 0 Å². The van der Waals surface area contributed by atoms with Crippen molar-refractivity contribution in [3.63, 3.8) is 0 Å². The van der Waals surface area contributed by atoms with Crippen LogP contribution in [0.15, 0.2) is 30.3 Å². The molecule has 0 unspecified atom stereocenters. The van der Waals surface area contributed by atoms with Gasteiger partial charge in [0.2, 0.25) is 0 Å². The molecule has 2 heterocycles. The fourth-order valence-electron chi connectivity index (χ4n) is 2.24. The van der Waals surface area contributed by atoms with E-state index < -0.39 is 0 Å². The number of para-hydroxylation sites is 1. The normalized spacial score (nSPS) is 24.1. The zero-order chi connectivity index (χ0) is 11.8. The first-order valence-electron chi connectivity index (χ1n) is 5.56. The zero-order valence-corrected chi connectivity index (χ0v) is 10.0. The van der Waals surface area contributed by atoms with Crippen LogP contribution in [0.5, 0.6) is 0 Å². The third kappa shape index (κ3) is 1.61. The van der Waals surface area contributed by atoms with Gasteiger partial charge in [-0.1, -0.05) is 18.2 Å². The Morgan fingerprint density at radius 2 is 1.94 bits per heavy atom. The Bertz CT molecular complexity index is 439. The van der Waals surface area contributed by atoms with E-state index in [0.717, 1.165) is 12.2 Å². The van der Waals surface area contributed by atoms with E-state index >= 15 is 0 Å². The first kappa shape index (κ1) is 10.7. The van der Waals surface area contributed by atoms with Crippen molar-refractivity contribution in [2.45, 2.75) is 12.5 Å². The molecule has 1 aromatic rings.